The van der Waals surface area contributed by atoms with Crippen molar-refractivity contribution in [3.8, 4) is 5.75 Å². The number of hydrogen-bond acceptors (Lipinski definition) is 5. The van der Waals surface area contributed by atoms with Crippen LogP contribution in [0.15, 0.2) is 107 Å². The lowest BCUT2D eigenvalue weighted by molar-refractivity contribution is 0.380. The van der Waals surface area contributed by atoms with E-state index in [0.717, 1.165) is 16.3 Å². The Morgan fingerprint density at radius 2 is 1.46 bits per heavy atom. The fraction of sp³-hybridized carbons (Fsp3) is 0.103. The topological polar surface area (TPSA) is 67.4 Å². The highest BCUT2D eigenvalue weighted by Gasteiger charge is 2.32. The van der Waals surface area contributed by atoms with E-state index in [0.29, 0.717) is 11.3 Å². The molecule has 5 aromatic carbocycles. The largest absolute Gasteiger partial charge is 0.377 e. The van der Waals surface area contributed by atoms with E-state index in [2.05, 4.69) is 10.8 Å². The van der Waals surface area contributed by atoms with Crippen molar-refractivity contribution >= 4 is 16.5 Å². The van der Waals surface area contributed by atoms with Crippen LogP contribution in [0.25, 0.3) is 10.8 Å². The predicted molar refractivity (Wildman–Crippen MR) is 136 cm³/mol. The highest BCUT2D eigenvalue weighted by atomic mass is 19.1. The third-order valence-corrected chi connectivity index (χ3v) is 6.14. The fourth-order valence-electron chi connectivity index (χ4n) is 4.34. The molecular formula is C29H23FN2O3. The summed E-state index contributed by atoms with van der Waals surface area (Å²) >= 11 is 0. The van der Waals surface area contributed by atoms with Gasteiger partial charge in [0.2, 0.25) is 11.2 Å². The molecule has 174 valence electrons. The molecule has 6 heteroatoms. The Balaban J connectivity index is 1.51. The van der Waals surface area contributed by atoms with E-state index >= 15 is 0 Å². The van der Waals surface area contributed by atoms with Crippen LogP contribution >= 0.6 is 0 Å². The van der Waals surface area contributed by atoms with Crippen LogP contribution in [-0.4, -0.2) is 0 Å². The van der Waals surface area contributed by atoms with Gasteiger partial charge in [0.1, 0.15) is 5.82 Å². The number of para-hydroxylation sites is 1. The molecule has 0 aliphatic heterocycles. The molecule has 0 radical (unpaired) electrons. The lowest BCUT2D eigenvalue weighted by Gasteiger charge is -2.27. The van der Waals surface area contributed by atoms with Crippen molar-refractivity contribution in [2.24, 2.45) is 0 Å². The first-order valence-electron chi connectivity index (χ1n) is 11.3. The standard InChI is InChI=1S/C29H23FN2O3/c1-18(23-13-7-9-19-8-5-6-12-24(19)23)31-26(20-14-16-21(30)17-15-20)25-27(33)28(34)29(25)35-32-22-10-3-2-4-11-22/h2-18,26,31-32H,1H3/t18-,26?/m1/s1. The highest BCUT2D eigenvalue weighted by Crippen LogP contribution is 2.32. The minimum absolute atomic E-state index is 0.0502. The Bertz CT molecular complexity index is 1540. The third-order valence-electron chi connectivity index (χ3n) is 6.14. The molecule has 5 rings (SSSR count). The van der Waals surface area contributed by atoms with Crippen molar-refractivity contribution in [2.45, 2.75) is 19.0 Å². The van der Waals surface area contributed by atoms with Crippen LogP contribution in [-0.2, 0) is 0 Å². The molecule has 5 nitrogen and oxygen atoms in total. The summed E-state index contributed by atoms with van der Waals surface area (Å²) in [5, 5.41) is 5.66. The Morgan fingerprint density at radius 3 is 2.23 bits per heavy atom. The molecule has 35 heavy (non-hydrogen) atoms. The summed E-state index contributed by atoms with van der Waals surface area (Å²) in [6, 6.07) is 28.2. The number of halogens is 1. The second-order valence-electron chi connectivity index (χ2n) is 8.41. The van der Waals surface area contributed by atoms with Crippen molar-refractivity contribution in [1.29, 1.82) is 0 Å². The van der Waals surface area contributed by atoms with Crippen LogP contribution in [0.5, 0.6) is 5.75 Å². The lowest BCUT2D eigenvalue weighted by atomic mass is 9.92. The summed E-state index contributed by atoms with van der Waals surface area (Å²) in [7, 11) is 0. The molecule has 0 spiro atoms. The lowest BCUT2D eigenvalue weighted by Crippen LogP contribution is -2.43. The quantitative estimate of drug-likeness (QED) is 0.236. The zero-order chi connectivity index (χ0) is 24.4. The van der Waals surface area contributed by atoms with Crippen LogP contribution in [0, 0.1) is 5.82 Å². The second kappa shape index (κ2) is 9.52. The molecule has 0 heterocycles. The zero-order valence-corrected chi connectivity index (χ0v) is 19.0. The van der Waals surface area contributed by atoms with E-state index in [9.17, 15) is 14.0 Å². The molecule has 0 saturated carbocycles. The van der Waals surface area contributed by atoms with Gasteiger partial charge in [-0.25, -0.2) is 9.87 Å². The van der Waals surface area contributed by atoms with Gasteiger partial charge in [0, 0.05) is 6.04 Å². The van der Waals surface area contributed by atoms with Crippen molar-refractivity contribution in [3.63, 3.8) is 0 Å². The monoisotopic (exact) mass is 466 g/mol. The number of fused-ring (bicyclic) bond motifs is 1. The fourth-order valence-corrected chi connectivity index (χ4v) is 4.34. The molecule has 0 amide bonds. The van der Waals surface area contributed by atoms with Crippen molar-refractivity contribution in [1.82, 2.24) is 5.32 Å². The van der Waals surface area contributed by atoms with E-state index in [4.69, 9.17) is 4.84 Å². The summed E-state index contributed by atoms with van der Waals surface area (Å²) in [6.45, 7) is 1.99. The molecule has 0 fully saturated rings. The van der Waals surface area contributed by atoms with Gasteiger partial charge < -0.3 is 4.84 Å². The van der Waals surface area contributed by atoms with E-state index < -0.39 is 16.9 Å². The van der Waals surface area contributed by atoms with Gasteiger partial charge >= 0.3 is 0 Å². The summed E-state index contributed by atoms with van der Waals surface area (Å²) in [6.07, 6.45) is 0. The van der Waals surface area contributed by atoms with E-state index in [1.54, 1.807) is 24.3 Å². The molecule has 5 aromatic rings. The first-order valence-corrected chi connectivity index (χ1v) is 11.3. The third kappa shape index (κ3) is 4.44. The summed E-state index contributed by atoms with van der Waals surface area (Å²) in [5.41, 5.74) is 3.95. The Labute approximate surface area is 201 Å². The van der Waals surface area contributed by atoms with Crippen LogP contribution in [0.1, 0.15) is 35.7 Å². The normalized spacial score (nSPS) is 13.0. The van der Waals surface area contributed by atoms with Gasteiger partial charge in [-0.05, 0) is 53.1 Å². The maximum Gasteiger partial charge on any atom is 0.271 e. The molecule has 0 saturated heterocycles. The number of anilines is 1. The van der Waals surface area contributed by atoms with E-state index in [1.165, 1.54) is 12.1 Å². The predicted octanol–water partition coefficient (Wildman–Crippen LogP) is 5.42. The number of hydrogen-bond donors (Lipinski definition) is 2. The maximum absolute atomic E-state index is 13.7. The molecule has 0 bridgehead atoms. The van der Waals surface area contributed by atoms with Crippen molar-refractivity contribution in [2.75, 3.05) is 5.48 Å². The maximum atomic E-state index is 13.7. The van der Waals surface area contributed by atoms with Gasteiger partial charge in [-0.1, -0.05) is 72.8 Å². The number of benzene rings is 4. The first-order chi connectivity index (χ1) is 17.0. The minimum Gasteiger partial charge on any atom is -0.377 e. The first kappa shape index (κ1) is 22.5. The molecule has 0 aliphatic carbocycles. The molecule has 0 aliphatic rings. The van der Waals surface area contributed by atoms with Gasteiger partial charge in [0.15, 0.2) is 0 Å². The summed E-state index contributed by atoms with van der Waals surface area (Å²) < 4.78 is 13.7. The molecular weight excluding hydrogens is 443 g/mol. The highest BCUT2D eigenvalue weighted by molar-refractivity contribution is 5.86. The van der Waals surface area contributed by atoms with Gasteiger partial charge in [-0.2, -0.15) is 0 Å². The second-order valence-corrected chi connectivity index (χ2v) is 8.41. The number of nitrogens with one attached hydrogen (secondary N) is 2. The zero-order valence-electron chi connectivity index (χ0n) is 19.0. The van der Waals surface area contributed by atoms with E-state index in [1.807, 2.05) is 67.6 Å². The van der Waals surface area contributed by atoms with Crippen LogP contribution < -0.4 is 26.5 Å². The Hall–Kier alpha value is -4.29. The smallest absolute Gasteiger partial charge is 0.271 e. The Morgan fingerprint density at radius 1 is 0.771 bits per heavy atom. The van der Waals surface area contributed by atoms with Gasteiger partial charge in [-0.3, -0.25) is 14.9 Å². The van der Waals surface area contributed by atoms with Gasteiger partial charge in [0.05, 0.1) is 17.3 Å². The molecule has 0 aromatic heterocycles. The minimum atomic E-state index is -0.699. The molecule has 2 N–H and O–H groups in total. The van der Waals surface area contributed by atoms with Crippen LogP contribution in [0.4, 0.5) is 10.1 Å². The summed E-state index contributed by atoms with van der Waals surface area (Å²) in [5.74, 6) is -0.437. The molecule has 2 atom stereocenters. The summed E-state index contributed by atoms with van der Waals surface area (Å²) in [4.78, 5) is 30.8. The van der Waals surface area contributed by atoms with Crippen LogP contribution in [0.2, 0.25) is 0 Å². The van der Waals surface area contributed by atoms with Gasteiger partial charge in [0.25, 0.3) is 5.43 Å². The van der Waals surface area contributed by atoms with Gasteiger partial charge in [-0.15, -0.1) is 0 Å². The van der Waals surface area contributed by atoms with Crippen molar-refractivity contribution < 1.29 is 9.23 Å². The molecule has 1 unspecified atom stereocenters. The van der Waals surface area contributed by atoms with E-state index in [-0.39, 0.29) is 23.2 Å². The average molecular weight is 467 g/mol. The van der Waals surface area contributed by atoms with Crippen LogP contribution in [0.3, 0.4) is 0 Å². The Kier molecular flexibility index (Phi) is 6.12. The number of rotatable bonds is 8. The SMILES string of the molecule is C[C@@H](NC(c1ccc(F)cc1)c1c(ONc2ccccc2)c(=O)c1=O)c1cccc2ccccc12. The average Bonchev–Trinajstić information content (AvgIpc) is 2.90. The van der Waals surface area contributed by atoms with Crippen molar-refractivity contribution in [3.05, 3.63) is 140 Å².